The number of rotatable bonds is 7. The molecule has 0 radical (unpaired) electrons. The van der Waals surface area contributed by atoms with E-state index in [0.717, 1.165) is 23.3 Å². The van der Waals surface area contributed by atoms with Gasteiger partial charge >= 0.3 is 0 Å². The summed E-state index contributed by atoms with van der Waals surface area (Å²) in [5.41, 5.74) is 2.68. The average molecular weight is 331 g/mol. The molecule has 18 heavy (non-hydrogen) atoms. The Morgan fingerprint density at radius 1 is 1.44 bits per heavy atom. The topological polar surface area (TPSA) is 15.3 Å². The highest BCUT2D eigenvalue weighted by Gasteiger charge is 2.13. The Bertz CT molecular complexity index is 371. The standard InChI is InChI=1S/C14H23BrN2S/c1-5-16-11(2)13-10-12(15)6-7-14(13)17(3)8-9-18-4/h6-7,10-11,16H,5,8-9H2,1-4H3. The molecule has 0 saturated heterocycles. The van der Waals surface area contributed by atoms with Crippen molar-refractivity contribution in [1.82, 2.24) is 5.32 Å². The SMILES string of the molecule is CCNC(C)c1cc(Br)ccc1N(C)CCSC. The number of nitrogens with zero attached hydrogens (tertiary/aromatic N) is 1. The molecule has 1 rings (SSSR count). The second-order valence-corrected chi connectivity index (χ2v) is 6.30. The van der Waals surface area contributed by atoms with E-state index in [1.165, 1.54) is 11.3 Å². The summed E-state index contributed by atoms with van der Waals surface area (Å²) in [6.45, 7) is 6.43. The minimum absolute atomic E-state index is 0.374. The highest BCUT2D eigenvalue weighted by Crippen LogP contribution is 2.29. The summed E-state index contributed by atoms with van der Waals surface area (Å²) >= 11 is 5.45. The summed E-state index contributed by atoms with van der Waals surface area (Å²) in [5.74, 6) is 1.15. The van der Waals surface area contributed by atoms with E-state index in [9.17, 15) is 0 Å². The third-order valence-electron chi connectivity index (χ3n) is 3.01. The Hall–Kier alpha value is -0.190. The van der Waals surface area contributed by atoms with E-state index >= 15 is 0 Å². The minimum atomic E-state index is 0.374. The first-order valence-corrected chi connectivity index (χ1v) is 8.51. The molecular formula is C14H23BrN2S. The van der Waals surface area contributed by atoms with E-state index in [2.05, 4.69) is 71.5 Å². The molecule has 102 valence electrons. The van der Waals surface area contributed by atoms with Gasteiger partial charge in [-0.2, -0.15) is 11.8 Å². The van der Waals surface area contributed by atoms with Crippen LogP contribution in [0.2, 0.25) is 0 Å². The van der Waals surface area contributed by atoms with Crippen LogP contribution < -0.4 is 10.2 Å². The largest absolute Gasteiger partial charge is 0.373 e. The van der Waals surface area contributed by atoms with Gasteiger partial charge in [-0.15, -0.1) is 0 Å². The van der Waals surface area contributed by atoms with Gasteiger partial charge in [0, 0.05) is 35.5 Å². The zero-order chi connectivity index (χ0) is 13.5. The molecule has 1 aromatic rings. The molecule has 0 aliphatic heterocycles. The molecule has 1 N–H and O–H groups in total. The van der Waals surface area contributed by atoms with Gasteiger partial charge in [-0.25, -0.2) is 0 Å². The zero-order valence-electron chi connectivity index (χ0n) is 11.7. The number of anilines is 1. The van der Waals surface area contributed by atoms with Crippen molar-refractivity contribution in [2.45, 2.75) is 19.9 Å². The maximum atomic E-state index is 3.57. The van der Waals surface area contributed by atoms with Crippen LogP contribution in [-0.2, 0) is 0 Å². The first kappa shape index (κ1) is 15.9. The summed E-state index contributed by atoms with van der Waals surface area (Å²) in [6, 6.07) is 6.91. The molecule has 0 saturated carbocycles. The second-order valence-electron chi connectivity index (χ2n) is 4.40. The fourth-order valence-corrected chi connectivity index (χ4v) is 2.82. The first-order chi connectivity index (χ1) is 8.60. The molecule has 0 fully saturated rings. The summed E-state index contributed by atoms with van der Waals surface area (Å²) < 4.78 is 1.14. The summed E-state index contributed by atoms with van der Waals surface area (Å²) in [4.78, 5) is 2.34. The van der Waals surface area contributed by atoms with E-state index in [0.29, 0.717) is 6.04 Å². The third-order valence-corrected chi connectivity index (χ3v) is 4.09. The molecule has 4 heteroatoms. The van der Waals surface area contributed by atoms with Crippen molar-refractivity contribution in [1.29, 1.82) is 0 Å². The molecule has 2 nitrogen and oxygen atoms in total. The maximum absolute atomic E-state index is 3.57. The molecule has 0 bridgehead atoms. The smallest absolute Gasteiger partial charge is 0.0413 e. The molecule has 1 unspecified atom stereocenters. The number of thioether (sulfide) groups is 1. The van der Waals surface area contributed by atoms with Crippen LogP contribution in [0.25, 0.3) is 0 Å². The molecule has 0 heterocycles. The lowest BCUT2D eigenvalue weighted by atomic mass is 10.1. The number of halogens is 1. The summed E-state index contributed by atoms with van der Waals surface area (Å²) in [5, 5.41) is 3.49. The van der Waals surface area contributed by atoms with Crippen LogP contribution in [0, 0.1) is 0 Å². The van der Waals surface area contributed by atoms with Crippen LogP contribution in [0.3, 0.4) is 0 Å². The van der Waals surface area contributed by atoms with Crippen molar-refractivity contribution in [3.63, 3.8) is 0 Å². The van der Waals surface area contributed by atoms with Gasteiger partial charge in [-0.1, -0.05) is 22.9 Å². The van der Waals surface area contributed by atoms with Crippen LogP contribution in [0.1, 0.15) is 25.5 Å². The molecule has 0 aliphatic rings. The van der Waals surface area contributed by atoms with Crippen molar-refractivity contribution in [2.75, 3.05) is 37.0 Å². The monoisotopic (exact) mass is 330 g/mol. The van der Waals surface area contributed by atoms with E-state index < -0.39 is 0 Å². The Kier molecular flexibility index (Phi) is 7.12. The first-order valence-electron chi connectivity index (χ1n) is 6.33. The van der Waals surface area contributed by atoms with E-state index in [-0.39, 0.29) is 0 Å². The van der Waals surface area contributed by atoms with Gasteiger partial charge in [-0.3, -0.25) is 0 Å². The molecule has 0 spiro atoms. The predicted molar refractivity (Wildman–Crippen MR) is 87.9 cm³/mol. The van der Waals surface area contributed by atoms with Crippen LogP contribution in [0.15, 0.2) is 22.7 Å². The molecule has 0 amide bonds. The second kappa shape index (κ2) is 8.08. The van der Waals surface area contributed by atoms with Gasteiger partial charge in [0.15, 0.2) is 0 Å². The highest BCUT2D eigenvalue weighted by atomic mass is 79.9. The number of benzene rings is 1. The third kappa shape index (κ3) is 4.48. The zero-order valence-corrected chi connectivity index (χ0v) is 14.1. The molecule has 0 aliphatic carbocycles. The molecule has 1 atom stereocenters. The Labute approximate surface area is 124 Å². The van der Waals surface area contributed by atoms with Gasteiger partial charge in [0.25, 0.3) is 0 Å². The van der Waals surface area contributed by atoms with Gasteiger partial charge in [0.2, 0.25) is 0 Å². The number of nitrogens with one attached hydrogen (secondary N) is 1. The predicted octanol–water partition coefficient (Wildman–Crippen LogP) is 3.92. The fourth-order valence-electron chi connectivity index (χ4n) is 1.98. The molecule has 0 aromatic heterocycles. The minimum Gasteiger partial charge on any atom is -0.373 e. The summed E-state index contributed by atoms with van der Waals surface area (Å²) in [7, 11) is 2.17. The van der Waals surface area contributed by atoms with Crippen LogP contribution in [-0.4, -0.2) is 32.1 Å². The average Bonchev–Trinajstić information content (AvgIpc) is 2.36. The van der Waals surface area contributed by atoms with Crippen LogP contribution >= 0.6 is 27.7 Å². The number of hydrogen-bond donors (Lipinski definition) is 1. The normalized spacial score (nSPS) is 12.5. The highest BCUT2D eigenvalue weighted by molar-refractivity contribution is 9.10. The molecule has 1 aromatic carbocycles. The quantitative estimate of drug-likeness (QED) is 0.815. The number of hydrogen-bond acceptors (Lipinski definition) is 3. The van der Waals surface area contributed by atoms with Crippen molar-refractivity contribution in [3.8, 4) is 0 Å². The maximum Gasteiger partial charge on any atom is 0.0413 e. The molecular weight excluding hydrogens is 308 g/mol. The van der Waals surface area contributed by atoms with Gasteiger partial charge < -0.3 is 10.2 Å². The van der Waals surface area contributed by atoms with Gasteiger partial charge in [-0.05, 0) is 43.5 Å². The van der Waals surface area contributed by atoms with Crippen LogP contribution in [0.4, 0.5) is 5.69 Å². The van der Waals surface area contributed by atoms with Crippen LogP contribution in [0.5, 0.6) is 0 Å². The van der Waals surface area contributed by atoms with E-state index in [1.807, 2.05) is 11.8 Å². The van der Waals surface area contributed by atoms with Crippen molar-refractivity contribution >= 4 is 33.4 Å². The lowest BCUT2D eigenvalue weighted by Crippen LogP contribution is -2.25. The summed E-state index contributed by atoms with van der Waals surface area (Å²) in [6.07, 6.45) is 2.15. The fraction of sp³-hybridized carbons (Fsp3) is 0.571. The van der Waals surface area contributed by atoms with Crippen molar-refractivity contribution < 1.29 is 0 Å². The van der Waals surface area contributed by atoms with Crippen molar-refractivity contribution in [3.05, 3.63) is 28.2 Å². The van der Waals surface area contributed by atoms with Gasteiger partial charge in [0.05, 0.1) is 0 Å². The lowest BCUT2D eigenvalue weighted by molar-refractivity contribution is 0.597. The van der Waals surface area contributed by atoms with Gasteiger partial charge in [0.1, 0.15) is 0 Å². The Morgan fingerprint density at radius 2 is 2.17 bits per heavy atom. The van der Waals surface area contributed by atoms with E-state index in [1.54, 1.807) is 0 Å². The lowest BCUT2D eigenvalue weighted by Gasteiger charge is -2.25. The Morgan fingerprint density at radius 3 is 2.78 bits per heavy atom. The van der Waals surface area contributed by atoms with Crippen molar-refractivity contribution in [2.24, 2.45) is 0 Å². The Balaban J connectivity index is 2.95. The van der Waals surface area contributed by atoms with E-state index in [4.69, 9.17) is 0 Å².